The molecule has 1 N–H and O–H groups in total. The molecule has 2 saturated heterocycles. The average molecular weight is 671 g/mol. The molecule has 2 aromatic heterocycles. The molecule has 0 radical (unpaired) electrons. The SMILES string of the molecule is Cc1sc2c(c1C)C(c1ccc(Cl)cc1)=N[C@@H](CC(=O)N1CCN(Cc3cccc(N4CCC(=O)NC4=O)c3)CC1)c1nnc(C)n1-2. The predicted octanol–water partition coefficient (Wildman–Crippen LogP) is 4.98. The van der Waals surface area contributed by atoms with Crippen molar-refractivity contribution in [1.29, 1.82) is 0 Å². The van der Waals surface area contributed by atoms with Crippen LogP contribution in [0.5, 0.6) is 0 Å². The summed E-state index contributed by atoms with van der Waals surface area (Å²) < 4.78 is 2.07. The number of hydrogen-bond acceptors (Lipinski definition) is 8. The molecule has 13 heteroatoms. The average Bonchev–Trinajstić information content (AvgIpc) is 3.53. The zero-order valence-electron chi connectivity index (χ0n) is 26.5. The highest BCUT2D eigenvalue weighted by molar-refractivity contribution is 7.15. The number of aliphatic imine (C=N–C) groups is 1. The molecule has 4 aromatic rings. The Hall–Kier alpha value is -4.39. The van der Waals surface area contributed by atoms with Gasteiger partial charge in [-0.2, -0.15) is 0 Å². The molecule has 5 heterocycles. The number of carbonyl (C=O) groups excluding carboxylic acids is 3. The minimum Gasteiger partial charge on any atom is -0.340 e. The summed E-state index contributed by atoms with van der Waals surface area (Å²) in [7, 11) is 0. The van der Waals surface area contributed by atoms with E-state index in [1.165, 1.54) is 4.88 Å². The van der Waals surface area contributed by atoms with Crippen LogP contribution in [0, 0.1) is 20.8 Å². The molecule has 11 nitrogen and oxygen atoms in total. The Balaban J connectivity index is 1.07. The summed E-state index contributed by atoms with van der Waals surface area (Å²) in [5, 5.41) is 13.0. The van der Waals surface area contributed by atoms with Crippen molar-refractivity contribution in [1.82, 2.24) is 29.9 Å². The van der Waals surface area contributed by atoms with Crippen LogP contribution >= 0.6 is 22.9 Å². The number of amides is 4. The van der Waals surface area contributed by atoms with Crippen LogP contribution in [0.1, 0.15) is 57.7 Å². The maximum atomic E-state index is 13.9. The largest absolute Gasteiger partial charge is 0.340 e. The number of rotatable bonds is 6. The van der Waals surface area contributed by atoms with Crippen molar-refractivity contribution in [3.63, 3.8) is 0 Å². The molecule has 0 saturated carbocycles. The molecule has 1 atom stereocenters. The number of piperazine rings is 1. The van der Waals surface area contributed by atoms with Crippen molar-refractivity contribution in [2.45, 2.75) is 46.2 Å². The topological polar surface area (TPSA) is 116 Å². The van der Waals surface area contributed by atoms with Gasteiger partial charge in [0.25, 0.3) is 0 Å². The maximum Gasteiger partial charge on any atom is 0.328 e. The fourth-order valence-corrected chi connectivity index (χ4v) is 7.81. The Morgan fingerprint density at radius 1 is 1.00 bits per heavy atom. The quantitative estimate of drug-likeness (QED) is 0.310. The number of aryl methyl sites for hydroxylation is 2. The van der Waals surface area contributed by atoms with E-state index < -0.39 is 12.1 Å². The maximum absolute atomic E-state index is 13.9. The Kier molecular flexibility index (Phi) is 8.41. The van der Waals surface area contributed by atoms with Crippen molar-refractivity contribution < 1.29 is 14.4 Å². The molecule has 0 unspecified atom stereocenters. The zero-order chi connectivity index (χ0) is 32.8. The number of urea groups is 1. The van der Waals surface area contributed by atoms with E-state index in [9.17, 15) is 14.4 Å². The summed E-state index contributed by atoms with van der Waals surface area (Å²) in [5.74, 6) is 1.22. The summed E-state index contributed by atoms with van der Waals surface area (Å²) >= 11 is 7.93. The number of carbonyl (C=O) groups is 3. The number of aromatic nitrogens is 3. The molecular formula is C34H35ClN8O3S. The van der Waals surface area contributed by atoms with Gasteiger partial charge >= 0.3 is 6.03 Å². The molecule has 3 aliphatic rings. The lowest BCUT2D eigenvalue weighted by atomic mass is 9.99. The minimum atomic E-state index is -0.503. The fourth-order valence-electron chi connectivity index (χ4n) is 6.47. The highest BCUT2D eigenvalue weighted by Gasteiger charge is 2.34. The van der Waals surface area contributed by atoms with Gasteiger partial charge in [0.05, 0.1) is 12.1 Å². The minimum absolute atomic E-state index is 0.0341. The Morgan fingerprint density at radius 2 is 1.77 bits per heavy atom. The number of fused-ring (bicyclic) bond motifs is 3. The van der Waals surface area contributed by atoms with Gasteiger partial charge in [-0.05, 0) is 56.2 Å². The van der Waals surface area contributed by atoms with Gasteiger partial charge in [-0.3, -0.25) is 34.3 Å². The van der Waals surface area contributed by atoms with E-state index in [0.29, 0.717) is 37.0 Å². The first-order valence-electron chi connectivity index (χ1n) is 15.7. The summed E-state index contributed by atoms with van der Waals surface area (Å²) in [5.41, 5.74) is 5.81. The van der Waals surface area contributed by atoms with Gasteiger partial charge in [0, 0.05) is 72.4 Å². The molecule has 47 heavy (non-hydrogen) atoms. The predicted molar refractivity (Wildman–Crippen MR) is 182 cm³/mol. The van der Waals surface area contributed by atoms with Crippen LogP contribution in [-0.4, -0.2) is 80.8 Å². The van der Waals surface area contributed by atoms with Gasteiger partial charge in [-0.15, -0.1) is 21.5 Å². The van der Waals surface area contributed by atoms with E-state index in [1.54, 1.807) is 16.2 Å². The van der Waals surface area contributed by atoms with Crippen molar-refractivity contribution >= 4 is 52.2 Å². The van der Waals surface area contributed by atoms with Crippen LogP contribution in [0.3, 0.4) is 0 Å². The molecule has 0 bridgehead atoms. The first kappa shape index (κ1) is 31.2. The highest BCUT2D eigenvalue weighted by atomic mass is 35.5. The van der Waals surface area contributed by atoms with Gasteiger partial charge in [0.15, 0.2) is 5.82 Å². The summed E-state index contributed by atoms with van der Waals surface area (Å²) in [6.45, 7) is 9.89. The molecule has 7 rings (SSSR count). The number of thiophene rings is 1. The van der Waals surface area contributed by atoms with Gasteiger partial charge in [-0.25, -0.2) is 4.79 Å². The first-order valence-corrected chi connectivity index (χ1v) is 16.9. The second-order valence-electron chi connectivity index (χ2n) is 12.2. The second-order valence-corrected chi connectivity index (χ2v) is 13.8. The van der Waals surface area contributed by atoms with Crippen LogP contribution in [0.15, 0.2) is 53.5 Å². The van der Waals surface area contributed by atoms with E-state index in [1.807, 2.05) is 60.4 Å². The van der Waals surface area contributed by atoms with Crippen LogP contribution < -0.4 is 10.2 Å². The van der Waals surface area contributed by atoms with E-state index in [4.69, 9.17) is 16.6 Å². The highest BCUT2D eigenvalue weighted by Crippen LogP contribution is 2.39. The van der Waals surface area contributed by atoms with Crippen LogP contribution in [0.4, 0.5) is 10.5 Å². The molecule has 2 aromatic carbocycles. The van der Waals surface area contributed by atoms with Crippen LogP contribution in [0.25, 0.3) is 5.00 Å². The third-order valence-electron chi connectivity index (χ3n) is 9.13. The Bertz CT molecular complexity index is 1910. The summed E-state index contributed by atoms with van der Waals surface area (Å²) in [4.78, 5) is 50.0. The first-order chi connectivity index (χ1) is 22.7. The van der Waals surface area contributed by atoms with E-state index >= 15 is 0 Å². The van der Waals surface area contributed by atoms with Gasteiger partial charge in [-0.1, -0.05) is 35.9 Å². The van der Waals surface area contributed by atoms with Crippen LogP contribution in [0.2, 0.25) is 5.02 Å². The Labute approximate surface area is 281 Å². The molecule has 2 fully saturated rings. The lowest BCUT2D eigenvalue weighted by Gasteiger charge is -2.35. The number of benzene rings is 2. The van der Waals surface area contributed by atoms with E-state index in [-0.39, 0.29) is 24.7 Å². The van der Waals surface area contributed by atoms with Gasteiger partial charge < -0.3 is 4.90 Å². The van der Waals surface area contributed by atoms with E-state index in [0.717, 1.165) is 57.6 Å². The standard InChI is InChI=1S/C34H35ClN8O3S/c1-20-21(2)47-33-30(20)31(24-7-9-25(35)10-8-24)36-27(32-39-38-22(3)43(32)33)18-29(45)41-15-13-40(14-16-41)19-23-5-4-6-26(17-23)42-12-11-28(44)37-34(42)46/h4-10,17,27H,11-16,18-19H2,1-3H3,(H,37,44,46)/t27-/m0/s1. The van der Waals surface area contributed by atoms with Crippen molar-refractivity contribution in [2.24, 2.45) is 4.99 Å². The smallest absolute Gasteiger partial charge is 0.328 e. The van der Waals surface area contributed by atoms with Crippen molar-refractivity contribution in [2.75, 3.05) is 37.6 Å². The normalized spacial score (nSPS) is 18.4. The van der Waals surface area contributed by atoms with Gasteiger partial charge in [0.2, 0.25) is 11.8 Å². The number of imide groups is 1. The Morgan fingerprint density at radius 3 is 2.51 bits per heavy atom. The van der Waals surface area contributed by atoms with Crippen molar-refractivity contribution in [3.8, 4) is 5.00 Å². The zero-order valence-corrected chi connectivity index (χ0v) is 28.1. The molecule has 3 aliphatic heterocycles. The second kappa shape index (κ2) is 12.7. The third-order valence-corrected chi connectivity index (χ3v) is 10.6. The number of nitrogens with zero attached hydrogens (tertiary/aromatic N) is 7. The summed E-state index contributed by atoms with van der Waals surface area (Å²) in [6.07, 6.45) is 0.470. The monoisotopic (exact) mass is 670 g/mol. The molecule has 242 valence electrons. The van der Waals surface area contributed by atoms with Crippen LogP contribution in [-0.2, 0) is 16.1 Å². The molecule has 4 amide bonds. The number of nitrogens with one attached hydrogen (secondary N) is 1. The number of anilines is 1. The third kappa shape index (κ3) is 6.08. The van der Waals surface area contributed by atoms with E-state index in [2.05, 4.69) is 38.8 Å². The molecular weight excluding hydrogens is 636 g/mol. The lowest BCUT2D eigenvalue weighted by molar-refractivity contribution is -0.133. The number of hydrogen-bond donors (Lipinski definition) is 1. The fraction of sp³-hybridized carbons (Fsp3) is 0.353. The van der Waals surface area contributed by atoms with Crippen molar-refractivity contribution in [3.05, 3.63) is 92.3 Å². The van der Waals surface area contributed by atoms with Gasteiger partial charge in [0.1, 0.15) is 16.9 Å². The summed E-state index contributed by atoms with van der Waals surface area (Å²) in [6, 6.07) is 14.6. The molecule has 0 spiro atoms. The number of halogens is 1. The lowest BCUT2D eigenvalue weighted by Crippen LogP contribution is -2.49. The molecule has 0 aliphatic carbocycles.